The second-order valence-corrected chi connectivity index (χ2v) is 7.08. The molecule has 0 atom stereocenters. The summed E-state index contributed by atoms with van der Waals surface area (Å²) in [6, 6.07) is 6.40. The van der Waals surface area contributed by atoms with E-state index in [4.69, 9.17) is 11.1 Å². The third-order valence-electron chi connectivity index (χ3n) is 4.13. The number of nitrogen functional groups attached to an aromatic ring is 1. The van der Waals surface area contributed by atoms with E-state index < -0.39 is 0 Å². The molecule has 0 fully saturated rings. The van der Waals surface area contributed by atoms with Crippen LogP contribution < -0.4 is 5.73 Å². The van der Waals surface area contributed by atoms with Crippen molar-refractivity contribution in [2.24, 2.45) is 0 Å². The van der Waals surface area contributed by atoms with Gasteiger partial charge in [-0.25, -0.2) is 9.07 Å². The molecular weight excluding hydrogens is 317 g/mol. The Balaban J connectivity index is 2.25. The van der Waals surface area contributed by atoms with Gasteiger partial charge in [0.15, 0.2) is 0 Å². The van der Waals surface area contributed by atoms with E-state index in [-0.39, 0.29) is 11.4 Å². The lowest BCUT2D eigenvalue weighted by molar-refractivity contribution is 0.362. The smallest absolute Gasteiger partial charge is 0.132 e. The van der Waals surface area contributed by atoms with Crippen LogP contribution in [-0.4, -0.2) is 20.5 Å². The largest absolute Gasteiger partial charge is 0.383 e. The summed E-state index contributed by atoms with van der Waals surface area (Å²) in [6.07, 6.45) is 2.21. The van der Waals surface area contributed by atoms with E-state index in [1.807, 2.05) is 33.8 Å². The molecule has 3 N–H and O–H groups in total. The molecule has 0 bridgehead atoms. The minimum absolute atomic E-state index is 0.307. The third-order valence-corrected chi connectivity index (χ3v) is 4.13. The van der Waals surface area contributed by atoms with Crippen LogP contribution in [0.5, 0.6) is 0 Å². The highest BCUT2D eigenvalue weighted by Crippen LogP contribution is 2.32. The van der Waals surface area contributed by atoms with Crippen molar-refractivity contribution < 1.29 is 4.39 Å². The van der Waals surface area contributed by atoms with Gasteiger partial charge >= 0.3 is 0 Å². The number of nitrogens with one attached hydrogen (secondary N) is 1. The van der Waals surface area contributed by atoms with E-state index in [1.54, 1.807) is 16.9 Å². The van der Waals surface area contributed by atoms with E-state index in [0.29, 0.717) is 34.7 Å². The van der Waals surface area contributed by atoms with Crippen LogP contribution in [0.2, 0.25) is 0 Å². The predicted molar refractivity (Wildman–Crippen MR) is 99.5 cm³/mol. The lowest BCUT2D eigenvalue weighted by Gasteiger charge is -2.20. The number of rotatable bonds is 3. The maximum Gasteiger partial charge on any atom is 0.132 e. The topological polar surface area (TPSA) is 80.6 Å². The molecule has 0 aliphatic heterocycles. The second-order valence-electron chi connectivity index (χ2n) is 7.08. The summed E-state index contributed by atoms with van der Waals surface area (Å²) in [5, 5.41) is 13.8. The van der Waals surface area contributed by atoms with E-state index >= 15 is 0 Å². The fourth-order valence-corrected chi connectivity index (χ4v) is 2.84. The first kappa shape index (κ1) is 17.1. The first-order valence-electron chi connectivity index (χ1n) is 8.25. The fraction of sp³-hybridized carbons (Fsp3) is 0.316. The molecule has 3 aromatic rings. The van der Waals surface area contributed by atoms with Crippen LogP contribution in [0.1, 0.15) is 39.7 Å². The van der Waals surface area contributed by atoms with Crippen LogP contribution in [0.15, 0.2) is 30.5 Å². The van der Waals surface area contributed by atoms with Crippen molar-refractivity contribution in [3.63, 3.8) is 0 Å². The van der Waals surface area contributed by atoms with Crippen LogP contribution in [0.25, 0.3) is 22.2 Å². The van der Waals surface area contributed by atoms with Crippen LogP contribution in [0, 0.1) is 11.2 Å². The standard InChI is InChI=1S/C19H22FN5/c1-5-14(21)16-17(24-25(18(16)22)19(2,3)4)12-8-11-6-7-13(20)9-15(11)23-10-12/h6-10,21H,5,22H2,1-4H3. The highest BCUT2D eigenvalue weighted by Gasteiger charge is 2.26. The number of pyridine rings is 1. The van der Waals surface area contributed by atoms with Crippen molar-refractivity contribution in [3.8, 4) is 11.3 Å². The quantitative estimate of drug-likeness (QED) is 0.696. The van der Waals surface area contributed by atoms with Gasteiger partial charge in [-0.05, 0) is 45.4 Å². The second kappa shape index (κ2) is 5.95. The summed E-state index contributed by atoms with van der Waals surface area (Å²) < 4.78 is 15.1. The molecule has 0 spiro atoms. The number of benzene rings is 1. The number of hydrogen-bond donors (Lipinski definition) is 2. The van der Waals surface area contributed by atoms with Gasteiger partial charge in [0.2, 0.25) is 0 Å². The molecule has 25 heavy (non-hydrogen) atoms. The Morgan fingerprint density at radius 3 is 2.64 bits per heavy atom. The van der Waals surface area contributed by atoms with E-state index in [1.165, 1.54) is 12.1 Å². The maximum atomic E-state index is 13.4. The average Bonchev–Trinajstić information content (AvgIpc) is 2.91. The van der Waals surface area contributed by atoms with Gasteiger partial charge in [0.25, 0.3) is 0 Å². The van der Waals surface area contributed by atoms with Gasteiger partial charge in [0.05, 0.1) is 16.6 Å². The Bertz CT molecular complexity index is 966. The highest BCUT2D eigenvalue weighted by atomic mass is 19.1. The zero-order chi connectivity index (χ0) is 18.4. The van der Waals surface area contributed by atoms with Crippen LogP contribution in [0.3, 0.4) is 0 Å². The highest BCUT2D eigenvalue weighted by molar-refractivity contribution is 6.07. The summed E-state index contributed by atoms with van der Waals surface area (Å²) in [5.74, 6) is 0.163. The van der Waals surface area contributed by atoms with Crippen molar-refractivity contribution in [2.75, 3.05) is 5.73 Å². The summed E-state index contributed by atoms with van der Waals surface area (Å²) in [4.78, 5) is 4.35. The molecular formula is C19H22FN5. The van der Waals surface area contributed by atoms with Crippen LogP contribution in [-0.2, 0) is 5.54 Å². The van der Waals surface area contributed by atoms with Gasteiger partial charge in [0, 0.05) is 28.9 Å². The van der Waals surface area contributed by atoms with Crippen LogP contribution in [0.4, 0.5) is 10.2 Å². The fourth-order valence-electron chi connectivity index (χ4n) is 2.84. The van der Waals surface area contributed by atoms with Crippen molar-refractivity contribution in [3.05, 3.63) is 41.8 Å². The normalized spacial score (nSPS) is 11.9. The minimum atomic E-state index is -0.317. The molecule has 3 rings (SSSR count). The molecule has 2 aromatic heterocycles. The molecule has 0 saturated carbocycles. The Kier molecular flexibility index (Phi) is 4.06. The summed E-state index contributed by atoms with van der Waals surface area (Å²) in [7, 11) is 0. The Morgan fingerprint density at radius 1 is 1.28 bits per heavy atom. The van der Waals surface area contributed by atoms with Crippen molar-refractivity contribution >= 4 is 22.4 Å². The number of nitrogens with two attached hydrogens (primary N) is 1. The molecule has 130 valence electrons. The zero-order valence-corrected chi connectivity index (χ0v) is 14.9. The Hall–Kier alpha value is -2.76. The minimum Gasteiger partial charge on any atom is -0.383 e. The molecule has 2 heterocycles. The molecule has 0 amide bonds. The summed E-state index contributed by atoms with van der Waals surface area (Å²) in [6.45, 7) is 7.96. The average molecular weight is 339 g/mol. The lowest BCUT2D eigenvalue weighted by Crippen LogP contribution is -2.25. The maximum absolute atomic E-state index is 13.4. The number of nitrogens with zero attached hydrogens (tertiary/aromatic N) is 3. The van der Waals surface area contributed by atoms with Crippen molar-refractivity contribution in [1.29, 1.82) is 5.41 Å². The van der Waals surface area contributed by atoms with Crippen LogP contribution >= 0.6 is 0 Å². The van der Waals surface area contributed by atoms with Gasteiger partial charge in [0.1, 0.15) is 17.3 Å². The van der Waals surface area contributed by atoms with Crippen molar-refractivity contribution in [1.82, 2.24) is 14.8 Å². The van der Waals surface area contributed by atoms with Gasteiger partial charge in [-0.15, -0.1) is 0 Å². The molecule has 5 nitrogen and oxygen atoms in total. The SMILES string of the molecule is CCC(=N)c1c(-c2cnc3cc(F)ccc3c2)nn(C(C)(C)C)c1N. The molecule has 0 saturated heterocycles. The molecule has 0 aliphatic rings. The molecule has 0 radical (unpaired) electrons. The number of aromatic nitrogens is 3. The molecule has 0 unspecified atom stereocenters. The number of halogens is 1. The summed E-state index contributed by atoms with van der Waals surface area (Å²) >= 11 is 0. The monoisotopic (exact) mass is 339 g/mol. The third kappa shape index (κ3) is 2.99. The molecule has 0 aliphatic carbocycles. The van der Waals surface area contributed by atoms with E-state index in [9.17, 15) is 4.39 Å². The van der Waals surface area contributed by atoms with Gasteiger partial charge < -0.3 is 11.1 Å². The van der Waals surface area contributed by atoms with Gasteiger partial charge in [-0.2, -0.15) is 5.10 Å². The van der Waals surface area contributed by atoms with Gasteiger partial charge in [-0.3, -0.25) is 4.98 Å². The van der Waals surface area contributed by atoms with Gasteiger partial charge in [-0.1, -0.05) is 6.92 Å². The first-order chi connectivity index (χ1) is 11.7. The first-order valence-corrected chi connectivity index (χ1v) is 8.25. The van der Waals surface area contributed by atoms with E-state index in [0.717, 1.165) is 10.9 Å². The summed E-state index contributed by atoms with van der Waals surface area (Å²) in [5.41, 5.74) is 9.08. The number of hydrogen-bond acceptors (Lipinski definition) is 4. The lowest BCUT2D eigenvalue weighted by atomic mass is 10.0. The molecule has 6 heteroatoms. The Labute approximate surface area is 146 Å². The predicted octanol–water partition coefficient (Wildman–Crippen LogP) is 4.35. The Morgan fingerprint density at radius 2 is 2.00 bits per heavy atom. The van der Waals surface area contributed by atoms with E-state index in [2.05, 4.69) is 10.1 Å². The van der Waals surface area contributed by atoms with Crippen molar-refractivity contribution in [2.45, 2.75) is 39.7 Å². The number of anilines is 1. The number of fused-ring (bicyclic) bond motifs is 1. The molecule has 1 aromatic carbocycles. The zero-order valence-electron chi connectivity index (χ0n) is 14.9.